The molecule has 0 spiro atoms. The second-order valence-electron chi connectivity index (χ2n) is 4.86. The fraction of sp³-hybridized carbons (Fsp3) is 0.312. The Kier molecular flexibility index (Phi) is 5.20. The van der Waals surface area contributed by atoms with Crippen LogP contribution in [0.1, 0.15) is 19.4 Å². The van der Waals surface area contributed by atoms with Crippen LogP contribution in [0.4, 0.5) is 4.79 Å². The van der Waals surface area contributed by atoms with Crippen LogP contribution >= 0.6 is 0 Å². The number of hydrogen-bond donors (Lipinski definition) is 2. The van der Waals surface area contributed by atoms with Gasteiger partial charge in [-0.2, -0.15) is 5.26 Å². The quantitative estimate of drug-likeness (QED) is 0.801. The van der Waals surface area contributed by atoms with E-state index in [-0.39, 0.29) is 13.2 Å². The van der Waals surface area contributed by atoms with Crippen molar-refractivity contribution < 1.29 is 19.1 Å². The zero-order valence-electron chi connectivity index (χ0n) is 12.9. The molecule has 0 radical (unpaired) electrons. The number of carbonyl (C=O) groups excluding carboxylic acids is 2. The molecule has 7 heteroatoms. The molecule has 1 atom stereocenters. The molecule has 0 fully saturated rings. The van der Waals surface area contributed by atoms with Crippen LogP contribution in [0.25, 0.3) is 0 Å². The molecule has 1 aliphatic rings. The Morgan fingerprint density at radius 3 is 2.65 bits per heavy atom. The lowest BCUT2D eigenvalue weighted by atomic mass is 10.0. The Balaban J connectivity index is 2.17. The van der Waals surface area contributed by atoms with Crippen molar-refractivity contribution in [2.45, 2.75) is 19.9 Å². The number of nitrogens with one attached hydrogen (secondary N) is 2. The number of esters is 1. The number of carbonyl (C=O) groups is 2. The van der Waals surface area contributed by atoms with Crippen molar-refractivity contribution in [3.8, 4) is 11.8 Å². The molecule has 0 aromatic heterocycles. The molecule has 1 aromatic rings. The number of amides is 2. The van der Waals surface area contributed by atoms with Crippen molar-refractivity contribution in [2.75, 3.05) is 13.2 Å². The second-order valence-corrected chi connectivity index (χ2v) is 4.86. The highest BCUT2D eigenvalue weighted by Crippen LogP contribution is 2.17. The zero-order chi connectivity index (χ0) is 16.8. The fourth-order valence-electron chi connectivity index (χ4n) is 2.17. The molecule has 0 unspecified atom stereocenters. The number of benzene rings is 1. The molecule has 2 amide bonds. The van der Waals surface area contributed by atoms with E-state index in [2.05, 4.69) is 10.6 Å². The Morgan fingerprint density at radius 2 is 2.04 bits per heavy atom. The minimum Gasteiger partial charge on any atom is -0.487 e. The van der Waals surface area contributed by atoms with E-state index in [0.717, 1.165) is 0 Å². The van der Waals surface area contributed by atoms with Gasteiger partial charge in [0, 0.05) is 0 Å². The minimum atomic E-state index is -0.495. The lowest BCUT2D eigenvalue weighted by Gasteiger charge is -2.26. The van der Waals surface area contributed by atoms with Crippen LogP contribution in [0, 0.1) is 11.3 Å². The summed E-state index contributed by atoms with van der Waals surface area (Å²) in [5, 5.41) is 14.0. The topological polar surface area (TPSA) is 100 Å². The summed E-state index contributed by atoms with van der Waals surface area (Å²) in [5.74, 6) is 0.0334. The summed E-state index contributed by atoms with van der Waals surface area (Å²) in [7, 11) is 0. The van der Waals surface area contributed by atoms with Gasteiger partial charge in [0.1, 0.15) is 12.4 Å². The maximum Gasteiger partial charge on any atom is 0.338 e. The maximum absolute atomic E-state index is 12.1. The van der Waals surface area contributed by atoms with Gasteiger partial charge in [0.15, 0.2) is 0 Å². The molecule has 1 aromatic carbocycles. The van der Waals surface area contributed by atoms with E-state index in [4.69, 9.17) is 14.7 Å². The van der Waals surface area contributed by atoms with Crippen molar-refractivity contribution in [2.24, 2.45) is 0 Å². The molecular formula is C16H17N3O4. The van der Waals surface area contributed by atoms with E-state index in [1.165, 1.54) is 0 Å². The molecule has 7 nitrogen and oxygen atoms in total. The first kappa shape index (κ1) is 16.4. The largest absolute Gasteiger partial charge is 0.487 e. The van der Waals surface area contributed by atoms with Crippen molar-refractivity contribution in [3.05, 3.63) is 41.1 Å². The van der Waals surface area contributed by atoms with E-state index in [1.54, 1.807) is 38.1 Å². The van der Waals surface area contributed by atoms with Crippen molar-refractivity contribution >= 4 is 12.0 Å². The molecule has 1 aliphatic heterocycles. The van der Waals surface area contributed by atoms with Crippen LogP contribution in [-0.2, 0) is 9.53 Å². The number of nitriles is 1. The summed E-state index contributed by atoms with van der Waals surface area (Å²) in [4.78, 5) is 23.7. The van der Waals surface area contributed by atoms with Crippen LogP contribution in [0.5, 0.6) is 5.75 Å². The molecule has 2 N–H and O–H groups in total. The second kappa shape index (κ2) is 7.31. The van der Waals surface area contributed by atoms with Crippen LogP contribution in [0.2, 0.25) is 0 Å². The molecule has 0 bridgehead atoms. The van der Waals surface area contributed by atoms with E-state index in [9.17, 15) is 9.59 Å². The van der Waals surface area contributed by atoms with Crippen LogP contribution in [0.15, 0.2) is 35.5 Å². The normalized spacial score (nSPS) is 16.9. The summed E-state index contributed by atoms with van der Waals surface area (Å²) in [6.07, 6.45) is 0. The van der Waals surface area contributed by atoms with Crippen molar-refractivity contribution in [3.63, 3.8) is 0 Å². The van der Waals surface area contributed by atoms with Gasteiger partial charge in [-0.15, -0.1) is 0 Å². The first-order chi connectivity index (χ1) is 11.0. The molecule has 0 saturated heterocycles. The first-order valence-corrected chi connectivity index (χ1v) is 7.15. The molecular weight excluding hydrogens is 298 g/mol. The summed E-state index contributed by atoms with van der Waals surface area (Å²) >= 11 is 0. The first-order valence-electron chi connectivity index (χ1n) is 7.15. The predicted octanol–water partition coefficient (Wildman–Crippen LogP) is 1.46. The van der Waals surface area contributed by atoms with Gasteiger partial charge in [0.25, 0.3) is 0 Å². The fourth-order valence-corrected chi connectivity index (χ4v) is 2.17. The third-order valence-corrected chi connectivity index (χ3v) is 3.23. The SMILES string of the molecule is CCOC(=O)C1=C(COc2ccc(C#N)cc2)NC(=O)N[C@H]1C. The Hall–Kier alpha value is -3.01. The van der Waals surface area contributed by atoms with Crippen molar-refractivity contribution in [1.82, 2.24) is 10.6 Å². The maximum atomic E-state index is 12.1. The van der Waals surface area contributed by atoms with E-state index >= 15 is 0 Å². The third-order valence-electron chi connectivity index (χ3n) is 3.23. The number of ether oxygens (including phenoxy) is 2. The Morgan fingerprint density at radius 1 is 1.35 bits per heavy atom. The van der Waals surface area contributed by atoms with Gasteiger partial charge in [-0.3, -0.25) is 0 Å². The van der Waals surface area contributed by atoms with E-state index in [0.29, 0.717) is 22.6 Å². The van der Waals surface area contributed by atoms with E-state index < -0.39 is 18.0 Å². The Bertz CT molecular complexity index is 674. The lowest BCUT2D eigenvalue weighted by molar-refractivity contribution is -0.139. The standard InChI is InChI=1S/C16H17N3O4/c1-3-22-15(20)14-10(2)18-16(21)19-13(14)9-23-12-6-4-11(8-17)5-7-12/h4-7,10H,3,9H2,1-2H3,(H2,18,19,21)/t10-/m0/s1. The molecule has 23 heavy (non-hydrogen) atoms. The monoisotopic (exact) mass is 315 g/mol. The van der Waals surface area contributed by atoms with Gasteiger partial charge in [-0.05, 0) is 38.1 Å². The van der Waals surface area contributed by atoms with Crippen LogP contribution in [-0.4, -0.2) is 31.3 Å². The summed E-state index contributed by atoms with van der Waals surface area (Å²) in [6.45, 7) is 3.67. The third kappa shape index (κ3) is 4.01. The van der Waals surface area contributed by atoms with Gasteiger partial charge in [0.05, 0.1) is 35.6 Å². The van der Waals surface area contributed by atoms with E-state index in [1.807, 2.05) is 6.07 Å². The van der Waals surface area contributed by atoms with Gasteiger partial charge in [-0.1, -0.05) is 0 Å². The molecule has 0 aliphatic carbocycles. The smallest absolute Gasteiger partial charge is 0.338 e. The van der Waals surface area contributed by atoms with Gasteiger partial charge < -0.3 is 20.1 Å². The highest BCUT2D eigenvalue weighted by Gasteiger charge is 2.29. The molecule has 1 heterocycles. The van der Waals surface area contributed by atoms with Gasteiger partial charge in [0.2, 0.25) is 0 Å². The summed E-state index contributed by atoms with van der Waals surface area (Å²) in [5.41, 5.74) is 1.22. The Labute approximate surface area is 133 Å². The summed E-state index contributed by atoms with van der Waals surface area (Å²) < 4.78 is 10.6. The minimum absolute atomic E-state index is 0.0117. The van der Waals surface area contributed by atoms with Gasteiger partial charge >= 0.3 is 12.0 Å². The average Bonchev–Trinajstić information content (AvgIpc) is 2.53. The number of urea groups is 1. The lowest BCUT2D eigenvalue weighted by Crippen LogP contribution is -2.50. The zero-order valence-corrected chi connectivity index (χ0v) is 12.9. The predicted molar refractivity (Wildman–Crippen MR) is 81.4 cm³/mol. The van der Waals surface area contributed by atoms with Crippen LogP contribution < -0.4 is 15.4 Å². The molecule has 120 valence electrons. The highest BCUT2D eigenvalue weighted by molar-refractivity contribution is 5.94. The molecule has 2 rings (SSSR count). The van der Waals surface area contributed by atoms with Crippen molar-refractivity contribution in [1.29, 1.82) is 5.26 Å². The molecule has 0 saturated carbocycles. The average molecular weight is 315 g/mol. The number of rotatable bonds is 5. The summed E-state index contributed by atoms with van der Waals surface area (Å²) in [6, 6.07) is 7.69. The number of hydrogen-bond acceptors (Lipinski definition) is 5. The number of nitrogens with zero attached hydrogens (tertiary/aromatic N) is 1. The highest BCUT2D eigenvalue weighted by atomic mass is 16.5. The van der Waals surface area contributed by atoms with Gasteiger partial charge in [-0.25, -0.2) is 9.59 Å². The van der Waals surface area contributed by atoms with Crippen LogP contribution in [0.3, 0.4) is 0 Å².